The van der Waals surface area contributed by atoms with Gasteiger partial charge in [0.25, 0.3) is 0 Å². The molecule has 0 rings (SSSR count). The Morgan fingerprint density at radius 1 is 1.07 bits per heavy atom. The predicted molar refractivity (Wildman–Crippen MR) is 55.4 cm³/mol. The van der Waals surface area contributed by atoms with Gasteiger partial charge in [-0.2, -0.15) is 0 Å². The summed E-state index contributed by atoms with van der Waals surface area (Å²) in [5, 5.41) is 9.61. The fourth-order valence-electron chi connectivity index (χ4n) is 1.79. The van der Waals surface area contributed by atoms with Gasteiger partial charge in [-0.05, 0) is 27.7 Å². The summed E-state index contributed by atoms with van der Waals surface area (Å²) < 4.78 is 0. The van der Waals surface area contributed by atoms with Crippen molar-refractivity contribution in [1.82, 2.24) is 0 Å². The molecule has 0 radical (unpaired) electrons. The van der Waals surface area contributed by atoms with Crippen molar-refractivity contribution in [1.29, 1.82) is 0 Å². The van der Waals surface area contributed by atoms with Gasteiger partial charge in [-0.25, -0.2) is 0 Å². The monoisotopic (exact) mass is 214 g/mol. The van der Waals surface area contributed by atoms with Gasteiger partial charge < -0.3 is 5.11 Å². The number of ketones is 3. The highest BCUT2D eigenvalue weighted by Crippen LogP contribution is 2.33. The van der Waals surface area contributed by atoms with Crippen LogP contribution in [0, 0.1) is 5.41 Å². The summed E-state index contributed by atoms with van der Waals surface area (Å²) in [6.07, 6.45) is -1.16. The van der Waals surface area contributed by atoms with Crippen molar-refractivity contribution in [2.24, 2.45) is 5.41 Å². The van der Waals surface area contributed by atoms with Crippen LogP contribution >= 0.6 is 0 Å². The van der Waals surface area contributed by atoms with Gasteiger partial charge in [-0.3, -0.25) is 14.4 Å². The summed E-state index contributed by atoms with van der Waals surface area (Å²) in [5.41, 5.74) is -1.24. The van der Waals surface area contributed by atoms with Crippen molar-refractivity contribution in [2.75, 3.05) is 0 Å². The summed E-state index contributed by atoms with van der Waals surface area (Å²) in [7, 11) is 0. The zero-order valence-corrected chi connectivity index (χ0v) is 9.66. The van der Waals surface area contributed by atoms with E-state index in [1.807, 2.05) is 0 Å². The van der Waals surface area contributed by atoms with Gasteiger partial charge in [0.05, 0.1) is 11.5 Å². The molecule has 15 heavy (non-hydrogen) atoms. The largest absolute Gasteiger partial charge is 0.392 e. The molecule has 0 saturated heterocycles. The number of hydrogen-bond acceptors (Lipinski definition) is 4. The number of aliphatic hydroxyl groups is 1. The Hall–Kier alpha value is -1.03. The summed E-state index contributed by atoms with van der Waals surface area (Å²) in [6.45, 7) is 5.44. The lowest BCUT2D eigenvalue weighted by Crippen LogP contribution is -2.42. The zero-order chi connectivity index (χ0) is 12.2. The van der Waals surface area contributed by atoms with Gasteiger partial charge in [0, 0.05) is 12.8 Å². The molecule has 0 bridgehead atoms. The second kappa shape index (κ2) is 5.16. The van der Waals surface area contributed by atoms with Gasteiger partial charge in [0.2, 0.25) is 0 Å². The molecule has 1 N–H and O–H groups in total. The average molecular weight is 214 g/mol. The van der Waals surface area contributed by atoms with Crippen molar-refractivity contribution in [3.05, 3.63) is 0 Å². The summed E-state index contributed by atoms with van der Waals surface area (Å²) in [5.74, 6) is -0.720. The van der Waals surface area contributed by atoms with Crippen molar-refractivity contribution in [2.45, 2.75) is 46.6 Å². The molecular weight excluding hydrogens is 196 g/mol. The van der Waals surface area contributed by atoms with E-state index in [9.17, 15) is 19.5 Å². The molecule has 1 atom stereocenters. The summed E-state index contributed by atoms with van der Waals surface area (Å²) in [6, 6.07) is 0. The number of carbonyl (C=O) groups is 3. The van der Waals surface area contributed by atoms with Crippen molar-refractivity contribution in [3.8, 4) is 0 Å². The molecule has 86 valence electrons. The minimum Gasteiger partial charge on any atom is -0.392 e. The Kier molecular flexibility index (Phi) is 4.81. The number of hydrogen-bond donors (Lipinski definition) is 1. The first-order valence-electron chi connectivity index (χ1n) is 4.90. The molecule has 0 saturated carbocycles. The molecule has 0 aliphatic carbocycles. The number of carbonyl (C=O) groups excluding carboxylic acids is 3. The fourth-order valence-corrected chi connectivity index (χ4v) is 1.79. The van der Waals surface area contributed by atoms with E-state index < -0.39 is 11.5 Å². The summed E-state index contributed by atoms with van der Waals surface area (Å²) >= 11 is 0. The van der Waals surface area contributed by atoms with Gasteiger partial charge in [0.1, 0.15) is 17.3 Å². The molecule has 0 spiro atoms. The second-order valence-electron chi connectivity index (χ2n) is 4.15. The van der Waals surface area contributed by atoms with E-state index in [2.05, 4.69) is 0 Å². The van der Waals surface area contributed by atoms with E-state index in [0.29, 0.717) is 0 Å². The molecule has 0 aliphatic heterocycles. The van der Waals surface area contributed by atoms with Crippen molar-refractivity contribution < 1.29 is 19.5 Å². The van der Waals surface area contributed by atoms with E-state index in [0.717, 1.165) is 0 Å². The third-order valence-electron chi connectivity index (χ3n) is 2.63. The molecule has 0 fully saturated rings. The van der Waals surface area contributed by atoms with Gasteiger partial charge in [-0.1, -0.05) is 0 Å². The van der Waals surface area contributed by atoms with Crippen molar-refractivity contribution in [3.63, 3.8) is 0 Å². The van der Waals surface area contributed by atoms with Crippen LogP contribution in [0.25, 0.3) is 0 Å². The normalized spacial score (nSPS) is 13.4. The Labute approximate surface area is 89.7 Å². The quantitative estimate of drug-likeness (QED) is 0.713. The minimum atomic E-state index is -1.24. The van der Waals surface area contributed by atoms with Gasteiger partial charge >= 0.3 is 0 Å². The fraction of sp³-hybridized carbons (Fsp3) is 0.727. The molecule has 0 aromatic heterocycles. The molecule has 0 heterocycles. The number of aliphatic hydroxyl groups excluding tert-OH is 1. The highest BCUT2D eigenvalue weighted by molar-refractivity contribution is 5.93. The Morgan fingerprint density at radius 2 is 1.40 bits per heavy atom. The first-order chi connectivity index (χ1) is 6.72. The maximum Gasteiger partial charge on any atom is 0.139 e. The first kappa shape index (κ1) is 14.0. The van der Waals surface area contributed by atoms with E-state index in [-0.39, 0.29) is 30.2 Å². The molecule has 0 aliphatic rings. The molecule has 1 unspecified atom stereocenters. The smallest absolute Gasteiger partial charge is 0.139 e. The van der Waals surface area contributed by atoms with Crippen LogP contribution < -0.4 is 0 Å². The van der Waals surface area contributed by atoms with Crippen LogP contribution in [0.1, 0.15) is 40.5 Å². The van der Waals surface area contributed by atoms with Crippen LogP contribution in [0.2, 0.25) is 0 Å². The van der Waals surface area contributed by atoms with Crippen LogP contribution in [0.5, 0.6) is 0 Å². The first-order valence-corrected chi connectivity index (χ1v) is 4.90. The lowest BCUT2D eigenvalue weighted by Gasteiger charge is -2.32. The molecule has 0 aromatic rings. The van der Waals surface area contributed by atoms with E-state index >= 15 is 0 Å². The lowest BCUT2D eigenvalue weighted by molar-refractivity contribution is -0.142. The van der Waals surface area contributed by atoms with E-state index in [1.54, 1.807) is 0 Å². The predicted octanol–water partition coefficient (Wildman–Crippen LogP) is 0.901. The third-order valence-corrected chi connectivity index (χ3v) is 2.63. The minimum absolute atomic E-state index is 0.0837. The van der Waals surface area contributed by atoms with Crippen LogP contribution in [0.4, 0.5) is 0 Å². The Morgan fingerprint density at radius 3 is 1.53 bits per heavy atom. The second-order valence-corrected chi connectivity index (χ2v) is 4.15. The molecular formula is C11H18O4. The molecule has 4 heteroatoms. The van der Waals surface area contributed by atoms with E-state index in [4.69, 9.17) is 0 Å². The Bertz CT molecular complexity index is 262. The molecule has 4 nitrogen and oxygen atoms in total. The molecule has 0 amide bonds. The van der Waals surface area contributed by atoms with Gasteiger partial charge in [0.15, 0.2) is 0 Å². The number of rotatable bonds is 6. The highest BCUT2D eigenvalue weighted by Gasteiger charge is 2.42. The lowest BCUT2D eigenvalue weighted by atomic mass is 9.71. The Balaban J connectivity index is 5.16. The standard InChI is InChI=1S/C11H18O4/c1-7(12)5-11(9(3)14,10(4)15)6-8(2)13/h9,14H,5-6H2,1-4H3. The third kappa shape index (κ3) is 3.55. The number of Topliss-reactive ketones (excluding diaryl/α,β-unsaturated/α-hetero) is 3. The van der Waals surface area contributed by atoms with E-state index in [1.165, 1.54) is 27.7 Å². The van der Waals surface area contributed by atoms with Gasteiger partial charge in [-0.15, -0.1) is 0 Å². The maximum absolute atomic E-state index is 11.5. The highest BCUT2D eigenvalue weighted by atomic mass is 16.3. The van der Waals surface area contributed by atoms with Crippen LogP contribution in [0.15, 0.2) is 0 Å². The summed E-state index contributed by atoms with van der Waals surface area (Å²) in [4.78, 5) is 33.7. The average Bonchev–Trinajstić information content (AvgIpc) is 1.99. The zero-order valence-electron chi connectivity index (χ0n) is 9.66. The maximum atomic E-state index is 11.5. The van der Waals surface area contributed by atoms with Crippen LogP contribution in [-0.2, 0) is 14.4 Å². The molecule has 0 aromatic carbocycles. The van der Waals surface area contributed by atoms with Crippen LogP contribution in [0.3, 0.4) is 0 Å². The van der Waals surface area contributed by atoms with Crippen molar-refractivity contribution >= 4 is 17.3 Å². The SMILES string of the molecule is CC(=O)CC(CC(C)=O)(C(C)=O)C(C)O. The van der Waals surface area contributed by atoms with Crippen LogP contribution in [-0.4, -0.2) is 28.6 Å². The topological polar surface area (TPSA) is 71.4 Å².